The van der Waals surface area contributed by atoms with Crippen molar-refractivity contribution < 1.29 is 24.2 Å². The number of hydrogen-bond acceptors (Lipinski definition) is 7. The fourth-order valence-electron chi connectivity index (χ4n) is 5.49. The van der Waals surface area contributed by atoms with Crippen LogP contribution in [0.25, 0.3) is 0 Å². The number of aliphatic hydroxyl groups is 1. The first-order valence-corrected chi connectivity index (χ1v) is 16.5. The molecule has 0 aliphatic carbocycles. The van der Waals surface area contributed by atoms with Crippen molar-refractivity contribution in [1.29, 1.82) is 0 Å². The number of hydrogen-bond donors (Lipinski definition) is 2. The number of pyridine rings is 1. The smallest absolute Gasteiger partial charge is 0.258 e. The van der Waals surface area contributed by atoms with E-state index in [4.69, 9.17) is 32.7 Å². The number of aliphatic hydroxyl groups excluding tert-OH is 1. The van der Waals surface area contributed by atoms with Crippen molar-refractivity contribution in [3.8, 4) is 5.75 Å². The van der Waals surface area contributed by atoms with Crippen LogP contribution in [-0.4, -0.2) is 83.3 Å². The molecule has 0 saturated heterocycles. The van der Waals surface area contributed by atoms with E-state index in [0.717, 1.165) is 24.8 Å². The van der Waals surface area contributed by atoms with Crippen molar-refractivity contribution >= 4 is 40.7 Å². The van der Waals surface area contributed by atoms with Crippen molar-refractivity contribution in [1.82, 2.24) is 14.8 Å². The summed E-state index contributed by atoms with van der Waals surface area (Å²) in [4.78, 5) is 35.1. The number of likely N-dealkylation sites (N-methyl/N-ethyl adjacent to an activating group) is 1. The zero-order chi connectivity index (χ0) is 33.2. The van der Waals surface area contributed by atoms with Crippen LogP contribution in [0.15, 0.2) is 60.9 Å². The highest BCUT2D eigenvalue weighted by atomic mass is 35.5. The van der Waals surface area contributed by atoms with Gasteiger partial charge in [-0.25, -0.2) is 0 Å². The number of aromatic nitrogens is 1. The van der Waals surface area contributed by atoms with E-state index in [0.29, 0.717) is 58.9 Å². The lowest BCUT2D eigenvalue weighted by molar-refractivity contribution is -0.0177. The number of rotatable bonds is 8. The Balaban J connectivity index is 1.60. The Morgan fingerprint density at radius 2 is 1.87 bits per heavy atom. The minimum absolute atomic E-state index is 0.0741. The zero-order valence-electron chi connectivity index (χ0n) is 26.9. The Kier molecular flexibility index (Phi) is 13.2. The molecule has 4 atom stereocenters. The van der Waals surface area contributed by atoms with E-state index < -0.39 is 6.04 Å². The topological polar surface area (TPSA) is 104 Å². The Morgan fingerprint density at radius 3 is 2.59 bits per heavy atom. The van der Waals surface area contributed by atoms with Gasteiger partial charge in [-0.15, -0.1) is 0 Å². The van der Waals surface area contributed by atoms with Crippen molar-refractivity contribution in [3.63, 3.8) is 0 Å². The number of nitrogens with one attached hydrogen (secondary N) is 1. The van der Waals surface area contributed by atoms with Crippen LogP contribution in [0.4, 0.5) is 5.69 Å². The maximum absolute atomic E-state index is 14.3. The first-order valence-electron chi connectivity index (χ1n) is 15.7. The van der Waals surface area contributed by atoms with Gasteiger partial charge in [0.25, 0.3) is 11.8 Å². The number of anilines is 1. The van der Waals surface area contributed by atoms with Crippen molar-refractivity contribution in [3.05, 3.63) is 87.7 Å². The highest BCUT2D eigenvalue weighted by Gasteiger charge is 2.30. The fourth-order valence-corrected chi connectivity index (χ4v) is 5.81. The second-order valence-corrected chi connectivity index (χ2v) is 13.0. The van der Waals surface area contributed by atoms with Crippen LogP contribution in [0.2, 0.25) is 10.0 Å². The molecule has 9 nitrogen and oxygen atoms in total. The molecule has 1 aromatic heterocycles. The summed E-state index contributed by atoms with van der Waals surface area (Å²) in [5, 5.41) is 14.1. The van der Waals surface area contributed by atoms with Crippen molar-refractivity contribution in [2.75, 3.05) is 38.7 Å². The van der Waals surface area contributed by atoms with E-state index in [-0.39, 0.29) is 36.5 Å². The van der Waals surface area contributed by atoms with E-state index in [1.54, 1.807) is 53.7 Å². The molecule has 0 bridgehead atoms. The van der Waals surface area contributed by atoms with Gasteiger partial charge in [-0.2, -0.15) is 0 Å². The standard InChI is InChI=1S/C35H44Cl2N4O5/c1-23-19-41(24(2)22-42)35(44)29-18-28(39-34(43)27-12-14-38-15-13-27)9-11-32(29)46-25(3)7-5-6-16-45-33(23)21-40(4)20-26-8-10-30(36)31(37)17-26/h8-15,17-18,23-25,33,42H,5-7,16,19-22H2,1-4H3,(H,39,43)/t23-,24-,25+,33+/m1/s1. The summed E-state index contributed by atoms with van der Waals surface area (Å²) in [6.45, 7) is 7.85. The molecule has 0 radical (unpaired) electrons. The van der Waals surface area contributed by atoms with Gasteiger partial charge in [0.2, 0.25) is 0 Å². The predicted octanol–water partition coefficient (Wildman–Crippen LogP) is 6.57. The molecule has 0 fully saturated rings. The van der Waals surface area contributed by atoms with Gasteiger partial charge in [-0.3, -0.25) is 19.5 Å². The Labute approximate surface area is 281 Å². The van der Waals surface area contributed by atoms with Crippen LogP contribution in [0.1, 0.15) is 66.3 Å². The number of fused-ring (bicyclic) bond motifs is 1. The third-order valence-electron chi connectivity index (χ3n) is 8.18. The largest absolute Gasteiger partial charge is 0.490 e. The van der Waals surface area contributed by atoms with Crippen molar-refractivity contribution in [2.24, 2.45) is 5.92 Å². The minimum Gasteiger partial charge on any atom is -0.490 e. The lowest BCUT2D eigenvalue weighted by Crippen LogP contribution is -2.47. The van der Waals surface area contributed by atoms with Gasteiger partial charge in [-0.05, 0) is 88.2 Å². The summed E-state index contributed by atoms with van der Waals surface area (Å²) in [5.41, 5.74) is 2.26. The number of benzene rings is 2. The quantitative estimate of drug-likeness (QED) is 0.279. The van der Waals surface area contributed by atoms with Gasteiger partial charge in [-0.1, -0.05) is 36.2 Å². The maximum atomic E-state index is 14.3. The van der Waals surface area contributed by atoms with Crippen LogP contribution in [0, 0.1) is 5.92 Å². The minimum atomic E-state index is -0.474. The number of carbonyl (C=O) groups excluding carboxylic acids is 2. The van der Waals surface area contributed by atoms with Gasteiger partial charge in [0, 0.05) is 55.8 Å². The Morgan fingerprint density at radius 1 is 1.11 bits per heavy atom. The number of amides is 2. The van der Waals surface area contributed by atoms with E-state index >= 15 is 0 Å². The number of nitrogens with zero attached hydrogens (tertiary/aromatic N) is 3. The van der Waals surface area contributed by atoms with E-state index in [9.17, 15) is 14.7 Å². The molecule has 2 amide bonds. The molecule has 248 valence electrons. The molecule has 1 aliphatic rings. The number of halogens is 2. The lowest BCUT2D eigenvalue weighted by Gasteiger charge is -2.36. The third kappa shape index (κ3) is 9.89. The highest BCUT2D eigenvalue weighted by molar-refractivity contribution is 6.42. The van der Waals surface area contributed by atoms with Gasteiger partial charge in [0.1, 0.15) is 5.75 Å². The van der Waals surface area contributed by atoms with Crippen LogP contribution in [-0.2, 0) is 11.3 Å². The average molecular weight is 672 g/mol. The second-order valence-electron chi connectivity index (χ2n) is 12.1. The van der Waals surface area contributed by atoms with Gasteiger partial charge in [0.15, 0.2) is 0 Å². The number of ether oxygens (including phenoxy) is 2. The zero-order valence-corrected chi connectivity index (χ0v) is 28.4. The van der Waals surface area contributed by atoms with Gasteiger partial charge in [0.05, 0.1) is 40.5 Å². The average Bonchev–Trinajstić information content (AvgIpc) is 3.04. The fraction of sp³-hybridized carbons (Fsp3) is 0.457. The van der Waals surface area contributed by atoms with E-state index in [1.165, 1.54) is 0 Å². The summed E-state index contributed by atoms with van der Waals surface area (Å²) in [5.74, 6) is -0.247. The molecule has 1 aliphatic heterocycles. The summed E-state index contributed by atoms with van der Waals surface area (Å²) in [6.07, 6.45) is 5.32. The molecule has 46 heavy (non-hydrogen) atoms. The van der Waals surface area contributed by atoms with Crippen molar-refractivity contribution in [2.45, 2.75) is 64.8 Å². The Hall–Kier alpha value is -3.21. The molecular formula is C35H44Cl2N4O5. The molecule has 0 saturated carbocycles. The van der Waals surface area contributed by atoms with Crippen LogP contribution in [0.5, 0.6) is 5.75 Å². The maximum Gasteiger partial charge on any atom is 0.258 e. The molecule has 3 aromatic rings. The monoisotopic (exact) mass is 670 g/mol. The SMILES string of the molecule is C[C@@H]1CN([C@H](C)CO)C(=O)c2cc(NC(=O)c3ccncc3)ccc2O[C@@H](C)CCCCO[C@H]1CN(C)Cc1ccc(Cl)c(Cl)c1. The van der Waals surface area contributed by atoms with E-state index in [2.05, 4.69) is 22.1 Å². The van der Waals surface area contributed by atoms with Crippen LogP contribution < -0.4 is 10.1 Å². The third-order valence-corrected chi connectivity index (χ3v) is 8.92. The molecule has 2 aromatic carbocycles. The van der Waals surface area contributed by atoms with Crippen LogP contribution in [0.3, 0.4) is 0 Å². The molecule has 2 N–H and O–H groups in total. The number of carbonyl (C=O) groups is 2. The van der Waals surface area contributed by atoms with Gasteiger partial charge >= 0.3 is 0 Å². The summed E-state index contributed by atoms with van der Waals surface area (Å²) in [6, 6.07) is 13.5. The van der Waals surface area contributed by atoms with Gasteiger partial charge < -0.3 is 24.8 Å². The summed E-state index contributed by atoms with van der Waals surface area (Å²) in [7, 11) is 2.03. The first kappa shape index (κ1) is 35.6. The molecule has 11 heteroatoms. The summed E-state index contributed by atoms with van der Waals surface area (Å²) < 4.78 is 12.8. The molecule has 2 heterocycles. The van der Waals surface area contributed by atoms with Crippen LogP contribution >= 0.6 is 23.2 Å². The van der Waals surface area contributed by atoms with E-state index in [1.807, 2.05) is 33.0 Å². The molecule has 0 spiro atoms. The first-order chi connectivity index (χ1) is 22.0. The molecule has 0 unspecified atom stereocenters. The normalized spacial score (nSPS) is 20.4. The predicted molar refractivity (Wildman–Crippen MR) is 182 cm³/mol. The summed E-state index contributed by atoms with van der Waals surface area (Å²) >= 11 is 12.4. The highest BCUT2D eigenvalue weighted by Crippen LogP contribution is 2.29. The second kappa shape index (κ2) is 17.1. The Bertz CT molecular complexity index is 1460. The molecule has 4 rings (SSSR count). The lowest BCUT2D eigenvalue weighted by atomic mass is 10.0. The molecular weight excluding hydrogens is 627 g/mol.